The molecule has 4 rings (SSSR count). The molecule has 0 spiro atoms. The molecule has 15 nitrogen and oxygen atoms in total. The molecule has 0 aromatic heterocycles. The Balaban J connectivity index is 0.000000207. The molecule has 4 saturated carbocycles. The van der Waals surface area contributed by atoms with Gasteiger partial charge in [-0.25, -0.2) is 23.6 Å². The topological polar surface area (TPSA) is 244 Å². The third kappa shape index (κ3) is 11.4. The Hall–Kier alpha value is -2.05. The van der Waals surface area contributed by atoms with Crippen LogP contribution in [0.15, 0.2) is 0 Å². The summed E-state index contributed by atoms with van der Waals surface area (Å²) in [5, 5.41) is 15.8. The molecule has 2 amide bonds. The highest BCUT2D eigenvalue weighted by Gasteiger charge is 2.52. The standard InChI is InChI=1S/C9H15NO4.C8H14N2O4S.C4H9NO3S/c1-8(2,3)14-7(13)10-9(4-5-9)6(11)12;1-7(2-3-7)14-15(12,13)10-6(11)8(9)4-5-8;1-4(2-3-4)8-9(5,6)7/h4-5H2,1-3H3,(H,10,13)(H,11,12);2-5,9H2,1H3,(H,10,11);2-3H2,1H3,(H2,5,6,7). The van der Waals surface area contributed by atoms with Crippen LogP contribution in [0, 0.1) is 0 Å². The lowest BCUT2D eigenvalue weighted by Crippen LogP contribution is -2.46. The molecule has 0 radical (unpaired) electrons. The first-order chi connectivity index (χ1) is 16.9. The van der Waals surface area contributed by atoms with Gasteiger partial charge in [-0.1, -0.05) is 0 Å². The minimum Gasteiger partial charge on any atom is -0.480 e. The second-order valence-corrected chi connectivity index (χ2v) is 14.0. The first kappa shape index (κ1) is 32.2. The Kier molecular flexibility index (Phi) is 8.88. The average molecular weight is 587 g/mol. The second-order valence-electron chi connectivity index (χ2n) is 11.6. The van der Waals surface area contributed by atoms with Crippen LogP contribution >= 0.6 is 0 Å². The van der Waals surface area contributed by atoms with E-state index in [0.717, 1.165) is 12.8 Å². The van der Waals surface area contributed by atoms with E-state index in [9.17, 15) is 31.2 Å². The molecule has 0 aromatic rings. The van der Waals surface area contributed by atoms with Gasteiger partial charge in [-0.3, -0.25) is 8.98 Å². The SMILES string of the molecule is CC(C)(C)OC(=O)NC1(C(=O)O)CC1.CC1(OS(=O)(=O)NC(=O)C2(N)CC2)CC1.CC1(OS(N)(=O)=O)CC1. The van der Waals surface area contributed by atoms with Crippen LogP contribution in [0.1, 0.15) is 86.0 Å². The summed E-state index contributed by atoms with van der Waals surface area (Å²) in [6.45, 7) is 8.59. The van der Waals surface area contributed by atoms with Gasteiger partial charge in [0, 0.05) is 0 Å². The van der Waals surface area contributed by atoms with Crippen LogP contribution in [-0.4, -0.2) is 67.8 Å². The van der Waals surface area contributed by atoms with Crippen molar-refractivity contribution in [1.82, 2.24) is 10.0 Å². The molecule has 7 N–H and O–H groups in total. The fourth-order valence-electron chi connectivity index (χ4n) is 2.68. The van der Waals surface area contributed by atoms with E-state index in [1.54, 1.807) is 34.6 Å². The number of carbonyl (C=O) groups excluding carboxylic acids is 2. The number of carboxylic acid groups (broad SMARTS) is 1. The summed E-state index contributed by atoms with van der Waals surface area (Å²) < 4.78 is 59.3. The summed E-state index contributed by atoms with van der Waals surface area (Å²) in [4.78, 5) is 33.3. The summed E-state index contributed by atoms with van der Waals surface area (Å²) in [6.07, 6.45) is 4.26. The number of aliphatic carboxylic acids is 1. The molecule has 4 aliphatic rings. The van der Waals surface area contributed by atoms with Gasteiger partial charge in [0.1, 0.15) is 11.1 Å². The summed E-state index contributed by atoms with van der Waals surface area (Å²) in [7, 11) is -7.72. The molecule has 4 fully saturated rings. The minimum absolute atomic E-state index is 0.474. The molecule has 0 bridgehead atoms. The number of amides is 2. The Morgan fingerprint density at radius 1 is 0.842 bits per heavy atom. The van der Waals surface area contributed by atoms with Gasteiger partial charge in [-0.15, -0.1) is 0 Å². The zero-order valence-electron chi connectivity index (χ0n) is 22.2. The third-order valence-corrected chi connectivity index (χ3v) is 7.59. The normalized spacial score (nSPS) is 22.6. The van der Waals surface area contributed by atoms with E-state index < -0.39 is 66.5 Å². The van der Waals surface area contributed by atoms with E-state index >= 15 is 0 Å². The Bertz CT molecular complexity index is 1150. The zero-order chi connectivity index (χ0) is 29.4. The van der Waals surface area contributed by atoms with Crippen molar-refractivity contribution in [2.75, 3.05) is 0 Å². The fraction of sp³-hybridized carbons (Fsp3) is 0.857. The van der Waals surface area contributed by atoms with E-state index in [1.807, 2.05) is 4.72 Å². The summed E-state index contributed by atoms with van der Waals surface area (Å²) in [5.41, 5.74) is 1.77. The first-order valence-electron chi connectivity index (χ1n) is 12.0. The molecule has 4 aliphatic carbocycles. The third-order valence-electron chi connectivity index (χ3n) is 5.89. The number of rotatable bonds is 8. The van der Waals surface area contributed by atoms with Gasteiger partial charge in [0.2, 0.25) is 0 Å². The number of carbonyl (C=O) groups is 3. The van der Waals surface area contributed by atoms with Crippen molar-refractivity contribution in [3.63, 3.8) is 0 Å². The number of hydrogen-bond donors (Lipinski definition) is 5. The quantitative estimate of drug-likeness (QED) is 0.258. The fourth-order valence-corrected chi connectivity index (χ4v) is 4.57. The van der Waals surface area contributed by atoms with E-state index in [-0.39, 0.29) is 0 Å². The molecular weight excluding hydrogens is 548 g/mol. The summed E-state index contributed by atoms with van der Waals surface area (Å²) in [6, 6.07) is 0. The molecular formula is C21H38N4O11S2. The van der Waals surface area contributed by atoms with Gasteiger partial charge in [0.25, 0.3) is 5.91 Å². The maximum Gasteiger partial charge on any atom is 0.408 e. The summed E-state index contributed by atoms with van der Waals surface area (Å²) in [5.74, 6) is -1.67. The lowest BCUT2D eigenvalue weighted by Gasteiger charge is -2.21. The molecule has 0 atom stereocenters. The molecule has 220 valence electrons. The van der Waals surface area contributed by atoms with Crippen molar-refractivity contribution in [2.24, 2.45) is 10.9 Å². The first-order valence-corrected chi connectivity index (χ1v) is 14.8. The maximum absolute atomic E-state index is 11.4. The van der Waals surface area contributed by atoms with Gasteiger partial charge < -0.3 is 20.9 Å². The number of nitrogens with one attached hydrogen (secondary N) is 2. The van der Waals surface area contributed by atoms with Gasteiger partial charge in [-0.2, -0.15) is 16.8 Å². The highest BCUT2D eigenvalue weighted by atomic mass is 32.2. The number of ether oxygens (including phenoxy) is 1. The van der Waals surface area contributed by atoms with Gasteiger partial charge >= 0.3 is 32.7 Å². The molecule has 0 aliphatic heterocycles. The largest absolute Gasteiger partial charge is 0.480 e. The smallest absolute Gasteiger partial charge is 0.408 e. The lowest BCUT2D eigenvalue weighted by molar-refractivity contribution is -0.140. The van der Waals surface area contributed by atoms with Crippen LogP contribution < -0.4 is 20.9 Å². The van der Waals surface area contributed by atoms with Crippen molar-refractivity contribution in [3.8, 4) is 0 Å². The van der Waals surface area contributed by atoms with Gasteiger partial charge in [0.05, 0.1) is 16.7 Å². The highest BCUT2D eigenvalue weighted by molar-refractivity contribution is 7.85. The van der Waals surface area contributed by atoms with Crippen molar-refractivity contribution in [3.05, 3.63) is 0 Å². The van der Waals surface area contributed by atoms with E-state index in [4.69, 9.17) is 19.8 Å². The lowest BCUT2D eigenvalue weighted by atomic mass is 10.2. The van der Waals surface area contributed by atoms with E-state index in [0.29, 0.717) is 38.5 Å². The van der Waals surface area contributed by atoms with Crippen molar-refractivity contribution in [1.29, 1.82) is 0 Å². The van der Waals surface area contributed by atoms with E-state index in [2.05, 4.69) is 14.6 Å². The van der Waals surface area contributed by atoms with Crippen LogP contribution in [0.5, 0.6) is 0 Å². The van der Waals surface area contributed by atoms with Crippen molar-refractivity contribution in [2.45, 2.75) is 114 Å². The van der Waals surface area contributed by atoms with Crippen LogP contribution in [0.3, 0.4) is 0 Å². The predicted octanol–water partition coefficient (Wildman–Crippen LogP) is 0.295. The van der Waals surface area contributed by atoms with Crippen LogP contribution in [0.25, 0.3) is 0 Å². The Labute approximate surface area is 222 Å². The Morgan fingerprint density at radius 3 is 1.58 bits per heavy atom. The highest BCUT2D eigenvalue weighted by Crippen LogP contribution is 2.40. The molecule has 0 aromatic carbocycles. The zero-order valence-corrected chi connectivity index (χ0v) is 23.8. The molecule has 0 heterocycles. The molecule has 0 saturated heterocycles. The second kappa shape index (κ2) is 10.5. The summed E-state index contributed by atoms with van der Waals surface area (Å²) >= 11 is 0. The van der Waals surface area contributed by atoms with Crippen LogP contribution in [-0.2, 0) is 43.3 Å². The van der Waals surface area contributed by atoms with Crippen molar-refractivity contribution >= 4 is 38.6 Å². The van der Waals surface area contributed by atoms with Crippen LogP contribution in [0.2, 0.25) is 0 Å². The number of hydrogen-bond acceptors (Lipinski definition) is 11. The molecule has 38 heavy (non-hydrogen) atoms. The monoisotopic (exact) mass is 586 g/mol. The number of nitrogens with two attached hydrogens (primary N) is 2. The van der Waals surface area contributed by atoms with Crippen LogP contribution in [0.4, 0.5) is 4.79 Å². The van der Waals surface area contributed by atoms with E-state index in [1.165, 1.54) is 0 Å². The molecule has 0 unspecified atom stereocenters. The number of carboxylic acids is 1. The van der Waals surface area contributed by atoms with Gasteiger partial charge in [-0.05, 0) is 86.0 Å². The Morgan fingerprint density at radius 2 is 1.29 bits per heavy atom. The molecule has 17 heteroatoms. The van der Waals surface area contributed by atoms with Crippen molar-refractivity contribution < 1.29 is 49.4 Å². The predicted molar refractivity (Wildman–Crippen MR) is 133 cm³/mol. The number of alkyl carbamates (subject to hydrolysis) is 1. The minimum atomic E-state index is -4.00. The van der Waals surface area contributed by atoms with Gasteiger partial charge in [0.15, 0.2) is 0 Å². The average Bonchev–Trinajstić information content (AvgIpc) is 3.47. The maximum atomic E-state index is 11.4.